The van der Waals surface area contributed by atoms with Gasteiger partial charge in [-0.2, -0.15) is 0 Å². The van der Waals surface area contributed by atoms with Gasteiger partial charge in [0.1, 0.15) is 5.69 Å². The summed E-state index contributed by atoms with van der Waals surface area (Å²) in [5.41, 5.74) is 6.92. The van der Waals surface area contributed by atoms with E-state index in [1.807, 2.05) is 0 Å². The molecule has 0 unspecified atom stereocenters. The summed E-state index contributed by atoms with van der Waals surface area (Å²) in [6.45, 7) is 0. The third kappa shape index (κ3) is 2.23. The fraction of sp³-hybridized carbons (Fsp3) is 0. The number of carbonyl (C=O) groups is 1. The second kappa shape index (κ2) is 4.75. The minimum Gasteiger partial charge on any atom is -0.477 e. The van der Waals surface area contributed by atoms with Gasteiger partial charge in [0.25, 0.3) is 5.56 Å². The van der Waals surface area contributed by atoms with E-state index in [9.17, 15) is 9.59 Å². The summed E-state index contributed by atoms with van der Waals surface area (Å²) >= 11 is 0. The first-order chi connectivity index (χ1) is 10.1. The summed E-state index contributed by atoms with van der Waals surface area (Å²) in [4.78, 5) is 27.3. The van der Waals surface area contributed by atoms with E-state index in [4.69, 9.17) is 10.8 Å². The van der Waals surface area contributed by atoms with E-state index in [-0.39, 0.29) is 11.3 Å². The Balaban J connectivity index is 2.21. The second-order valence-electron chi connectivity index (χ2n) is 4.52. The fourth-order valence-corrected chi connectivity index (χ4v) is 2.08. The molecule has 3 rings (SSSR count). The van der Waals surface area contributed by atoms with Crippen LogP contribution in [-0.2, 0) is 0 Å². The first-order valence-electron chi connectivity index (χ1n) is 6.18. The number of nitrogen functional groups attached to an aromatic ring is 1. The van der Waals surface area contributed by atoms with Crippen LogP contribution in [0.15, 0.2) is 53.5 Å². The highest BCUT2D eigenvalue weighted by Crippen LogP contribution is 2.13. The van der Waals surface area contributed by atoms with E-state index in [0.717, 1.165) is 0 Å². The van der Waals surface area contributed by atoms with Crippen molar-refractivity contribution in [3.63, 3.8) is 0 Å². The van der Waals surface area contributed by atoms with Crippen molar-refractivity contribution < 1.29 is 9.90 Å². The number of hydrogen-bond acceptors (Lipinski definition) is 4. The van der Waals surface area contributed by atoms with Gasteiger partial charge in [-0.3, -0.25) is 9.36 Å². The first kappa shape index (κ1) is 12.9. The zero-order valence-electron chi connectivity index (χ0n) is 10.9. The van der Waals surface area contributed by atoms with E-state index in [0.29, 0.717) is 22.3 Å². The lowest BCUT2D eigenvalue weighted by atomic mass is 10.2. The molecular formula is C15H11N3O3. The molecule has 0 saturated heterocycles. The summed E-state index contributed by atoms with van der Waals surface area (Å²) < 4.78 is 1.46. The smallest absolute Gasteiger partial charge is 0.354 e. The van der Waals surface area contributed by atoms with E-state index < -0.39 is 5.97 Å². The number of carboxylic acids is 1. The summed E-state index contributed by atoms with van der Waals surface area (Å²) in [7, 11) is 0. The molecule has 21 heavy (non-hydrogen) atoms. The van der Waals surface area contributed by atoms with Gasteiger partial charge in [0, 0.05) is 17.6 Å². The predicted molar refractivity (Wildman–Crippen MR) is 78.7 cm³/mol. The number of nitrogens with zero attached hydrogens (tertiary/aromatic N) is 2. The van der Waals surface area contributed by atoms with E-state index in [2.05, 4.69) is 4.98 Å². The van der Waals surface area contributed by atoms with Gasteiger partial charge in [-0.25, -0.2) is 9.78 Å². The molecule has 0 radical (unpaired) electrons. The Morgan fingerprint density at radius 1 is 1.10 bits per heavy atom. The Morgan fingerprint density at radius 3 is 2.48 bits per heavy atom. The van der Waals surface area contributed by atoms with Crippen molar-refractivity contribution in [2.24, 2.45) is 0 Å². The van der Waals surface area contributed by atoms with Gasteiger partial charge in [-0.05, 0) is 42.5 Å². The number of aromatic carboxylic acids is 1. The van der Waals surface area contributed by atoms with Crippen molar-refractivity contribution in [3.8, 4) is 5.69 Å². The highest BCUT2D eigenvalue weighted by atomic mass is 16.4. The van der Waals surface area contributed by atoms with Gasteiger partial charge in [-0.15, -0.1) is 0 Å². The molecule has 3 N–H and O–H groups in total. The van der Waals surface area contributed by atoms with Crippen LogP contribution in [0.25, 0.3) is 16.6 Å². The Morgan fingerprint density at radius 2 is 1.81 bits per heavy atom. The number of aromatic nitrogens is 2. The van der Waals surface area contributed by atoms with Crippen LogP contribution in [0, 0.1) is 0 Å². The van der Waals surface area contributed by atoms with Crippen LogP contribution in [0.2, 0.25) is 0 Å². The molecule has 0 spiro atoms. The SMILES string of the molecule is Nc1ccc(-n2ccc3nc(C(=O)O)ccc3c2=O)cc1. The molecule has 0 saturated carbocycles. The highest BCUT2D eigenvalue weighted by molar-refractivity contribution is 5.89. The van der Waals surface area contributed by atoms with Gasteiger partial charge in [0.15, 0.2) is 0 Å². The zero-order chi connectivity index (χ0) is 15.0. The number of hydrogen-bond donors (Lipinski definition) is 2. The van der Waals surface area contributed by atoms with Gasteiger partial charge in [0.05, 0.1) is 10.9 Å². The lowest BCUT2D eigenvalue weighted by Gasteiger charge is -2.07. The molecule has 2 heterocycles. The molecule has 0 aliphatic rings. The molecule has 0 bridgehead atoms. The maximum Gasteiger partial charge on any atom is 0.354 e. The molecule has 104 valence electrons. The van der Waals surface area contributed by atoms with Crippen LogP contribution in [0.3, 0.4) is 0 Å². The van der Waals surface area contributed by atoms with Gasteiger partial charge in [0.2, 0.25) is 0 Å². The minimum absolute atomic E-state index is 0.0906. The van der Waals surface area contributed by atoms with Crippen LogP contribution in [0.5, 0.6) is 0 Å². The molecule has 6 heteroatoms. The highest BCUT2D eigenvalue weighted by Gasteiger charge is 2.09. The average molecular weight is 281 g/mol. The third-order valence-electron chi connectivity index (χ3n) is 3.15. The van der Waals surface area contributed by atoms with Gasteiger partial charge < -0.3 is 10.8 Å². The number of nitrogens with two attached hydrogens (primary N) is 1. The largest absolute Gasteiger partial charge is 0.477 e. The van der Waals surface area contributed by atoms with Gasteiger partial charge >= 0.3 is 5.97 Å². The Labute approximate surface area is 119 Å². The number of fused-ring (bicyclic) bond motifs is 1. The minimum atomic E-state index is -1.13. The number of anilines is 1. The van der Waals surface area contributed by atoms with Crippen molar-refractivity contribution in [2.75, 3.05) is 5.73 Å². The first-order valence-corrected chi connectivity index (χ1v) is 6.18. The number of pyridine rings is 2. The standard InChI is InChI=1S/C15H11N3O3/c16-9-1-3-10(4-2-9)18-8-7-12-11(14(18)19)5-6-13(17-12)15(20)21/h1-8H,16H2,(H,20,21). The molecular weight excluding hydrogens is 270 g/mol. The predicted octanol–water partition coefficient (Wildman–Crippen LogP) is 1.67. The summed E-state index contributed by atoms with van der Waals surface area (Å²) in [5.74, 6) is -1.13. The Bertz CT molecular complexity index is 898. The van der Waals surface area contributed by atoms with E-state index in [1.165, 1.54) is 16.7 Å². The summed E-state index contributed by atoms with van der Waals surface area (Å²) in [5, 5.41) is 9.27. The molecule has 3 aromatic rings. The molecule has 0 aliphatic heterocycles. The maximum absolute atomic E-state index is 12.4. The zero-order valence-corrected chi connectivity index (χ0v) is 10.9. The second-order valence-corrected chi connectivity index (χ2v) is 4.52. The van der Waals surface area contributed by atoms with E-state index >= 15 is 0 Å². The fourth-order valence-electron chi connectivity index (χ4n) is 2.08. The number of benzene rings is 1. The molecule has 0 atom stereocenters. The summed E-state index contributed by atoms with van der Waals surface area (Å²) in [6.07, 6.45) is 1.56. The monoisotopic (exact) mass is 281 g/mol. The Hall–Kier alpha value is -3.15. The normalized spacial score (nSPS) is 10.7. The van der Waals surface area contributed by atoms with Crippen LogP contribution >= 0.6 is 0 Å². The van der Waals surface area contributed by atoms with Crippen LogP contribution in [0.4, 0.5) is 5.69 Å². The van der Waals surface area contributed by atoms with Crippen LogP contribution in [-0.4, -0.2) is 20.6 Å². The van der Waals surface area contributed by atoms with Crippen molar-refractivity contribution >= 4 is 22.6 Å². The summed E-state index contributed by atoms with van der Waals surface area (Å²) in [6, 6.07) is 11.3. The van der Waals surface area contributed by atoms with Crippen LogP contribution in [0.1, 0.15) is 10.5 Å². The van der Waals surface area contributed by atoms with Crippen molar-refractivity contribution in [1.29, 1.82) is 0 Å². The van der Waals surface area contributed by atoms with Crippen molar-refractivity contribution in [3.05, 3.63) is 64.7 Å². The van der Waals surface area contributed by atoms with Gasteiger partial charge in [-0.1, -0.05) is 0 Å². The van der Waals surface area contributed by atoms with Crippen molar-refractivity contribution in [1.82, 2.24) is 9.55 Å². The molecule has 6 nitrogen and oxygen atoms in total. The average Bonchev–Trinajstić information content (AvgIpc) is 2.48. The molecule has 0 aliphatic carbocycles. The maximum atomic E-state index is 12.4. The van der Waals surface area contributed by atoms with E-state index in [1.54, 1.807) is 36.5 Å². The topological polar surface area (TPSA) is 98.2 Å². The molecule has 0 amide bonds. The molecule has 0 fully saturated rings. The third-order valence-corrected chi connectivity index (χ3v) is 3.15. The van der Waals surface area contributed by atoms with Crippen molar-refractivity contribution in [2.45, 2.75) is 0 Å². The number of carboxylic acid groups (broad SMARTS) is 1. The number of rotatable bonds is 2. The molecule has 1 aromatic carbocycles. The molecule has 2 aromatic heterocycles. The van der Waals surface area contributed by atoms with Crippen LogP contribution < -0.4 is 11.3 Å². The lowest BCUT2D eigenvalue weighted by Crippen LogP contribution is -2.18. The Kier molecular flexibility index (Phi) is 2.91. The lowest BCUT2D eigenvalue weighted by molar-refractivity contribution is 0.0691. The quantitative estimate of drug-likeness (QED) is 0.696.